The highest BCUT2D eigenvalue weighted by Gasteiger charge is 1.96. The van der Waals surface area contributed by atoms with Crippen LogP contribution >= 0.6 is 0 Å². The van der Waals surface area contributed by atoms with E-state index in [-0.39, 0.29) is 0 Å². The summed E-state index contributed by atoms with van der Waals surface area (Å²) in [6.45, 7) is 2.83. The van der Waals surface area contributed by atoms with Gasteiger partial charge in [-0.25, -0.2) is 0 Å². The van der Waals surface area contributed by atoms with Crippen molar-refractivity contribution in [3.63, 3.8) is 0 Å². The van der Waals surface area contributed by atoms with E-state index in [0.29, 0.717) is 0 Å². The fraction of sp³-hybridized carbons (Fsp3) is 0.500. The SMILES string of the molecule is Cc1cc(CCN)n(C)c1. The standard InChI is InChI=1S/C8H14N2/c1-7-5-8(3-4-9)10(2)6-7/h5-6H,3-4,9H2,1-2H3. The molecule has 2 nitrogen and oxygen atoms in total. The summed E-state index contributed by atoms with van der Waals surface area (Å²) < 4.78 is 2.13. The minimum Gasteiger partial charge on any atom is -0.354 e. The van der Waals surface area contributed by atoms with Crippen molar-refractivity contribution in [1.29, 1.82) is 0 Å². The second-order valence-corrected chi connectivity index (χ2v) is 2.66. The molecule has 0 spiro atoms. The third-order valence-electron chi connectivity index (χ3n) is 1.65. The lowest BCUT2D eigenvalue weighted by Crippen LogP contribution is -2.05. The molecule has 1 rings (SSSR count). The van der Waals surface area contributed by atoms with Crippen LogP contribution in [0.3, 0.4) is 0 Å². The zero-order valence-corrected chi connectivity index (χ0v) is 6.59. The molecule has 0 saturated carbocycles. The number of hydrogen-bond donors (Lipinski definition) is 1. The number of aryl methyl sites for hydroxylation is 2. The number of hydrogen-bond acceptors (Lipinski definition) is 1. The van der Waals surface area contributed by atoms with Gasteiger partial charge >= 0.3 is 0 Å². The lowest BCUT2D eigenvalue weighted by atomic mass is 10.3. The smallest absolute Gasteiger partial charge is 0.0187 e. The molecule has 56 valence electrons. The van der Waals surface area contributed by atoms with Gasteiger partial charge in [-0.1, -0.05) is 0 Å². The molecule has 0 unspecified atom stereocenters. The zero-order chi connectivity index (χ0) is 7.56. The third kappa shape index (κ3) is 1.39. The average molecular weight is 138 g/mol. The van der Waals surface area contributed by atoms with Crippen molar-refractivity contribution in [1.82, 2.24) is 4.57 Å². The lowest BCUT2D eigenvalue weighted by Gasteiger charge is -1.98. The van der Waals surface area contributed by atoms with Gasteiger partial charge in [0.15, 0.2) is 0 Å². The van der Waals surface area contributed by atoms with E-state index in [1.54, 1.807) is 0 Å². The minimum atomic E-state index is 0.733. The Kier molecular flexibility index (Phi) is 2.12. The molecule has 0 bridgehead atoms. The first kappa shape index (κ1) is 7.35. The molecule has 0 saturated heterocycles. The van der Waals surface area contributed by atoms with E-state index in [1.807, 2.05) is 0 Å². The highest BCUT2D eigenvalue weighted by molar-refractivity contribution is 5.16. The maximum atomic E-state index is 5.43. The molecule has 0 amide bonds. The van der Waals surface area contributed by atoms with Crippen molar-refractivity contribution in [3.05, 3.63) is 23.5 Å². The highest BCUT2D eigenvalue weighted by Crippen LogP contribution is 2.05. The molecule has 1 heterocycles. The Hall–Kier alpha value is -0.760. The molecule has 0 atom stereocenters. The lowest BCUT2D eigenvalue weighted by molar-refractivity contribution is 0.806. The van der Waals surface area contributed by atoms with Crippen molar-refractivity contribution < 1.29 is 0 Å². The van der Waals surface area contributed by atoms with Crippen LogP contribution in [-0.4, -0.2) is 11.1 Å². The van der Waals surface area contributed by atoms with Gasteiger partial charge in [0.05, 0.1) is 0 Å². The molecular formula is C8H14N2. The molecule has 0 radical (unpaired) electrons. The molecule has 2 heteroatoms. The van der Waals surface area contributed by atoms with Crippen LogP contribution in [-0.2, 0) is 13.5 Å². The van der Waals surface area contributed by atoms with Crippen LogP contribution in [0.25, 0.3) is 0 Å². The Bertz CT molecular complexity index is 213. The highest BCUT2D eigenvalue weighted by atomic mass is 14.9. The van der Waals surface area contributed by atoms with Crippen molar-refractivity contribution in [3.8, 4) is 0 Å². The van der Waals surface area contributed by atoms with Crippen molar-refractivity contribution in [2.24, 2.45) is 12.8 Å². The molecule has 0 aromatic carbocycles. The quantitative estimate of drug-likeness (QED) is 0.645. The molecule has 0 aliphatic carbocycles. The summed E-state index contributed by atoms with van der Waals surface area (Å²) in [5.74, 6) is 0. The number of rotatable bonds is 2. The van der Waals surface area contributed by atoms with Gasteiger partial charge < -0.3 is 10.3 Å². The van der Waals surface area contributed by atoms with Crippen LogP contribution in [0.4, 0.5) is 0 Å². The van der Waals surface area contributed by atoms with Gasteiger partial charge in [0.1, 0.15) is 0 Å². The van der Waals surface area contributed by atoms with Crippen LogP contribution in [0.1, 0.15) is 11.3 Å². The van der Waals surface area contributed by atoms with Gasteiger partial charge in [0.2, 0.25) is 0 Å². The van der Waals surface area contributed by atoms with Crippen LogP contribution in [0.15, 0.2) is 12.3 Å². The molecule has 2 N–H and O–H groups in total. The van der Waals surface area contributed by atoms with E-state index >= 15 is 0 Å². The summed E-state index contributed by atoms with van der Waals surface area (Å²) >= 11 is 0. The van der Waals surface area contributed by atoms with E-state index in [9.17, 15) is 0 Å². The van der Waals surface area contributed by atoms with Crippen molar-refractivity contribution in [2.75, 3.05) is 6.54 Å². The van der Waals surface area contributed by atoms with Gasteiger partial charge in [-0.05, 0) is 31.5 Å². The van der Waals surface area contributed by atoms with Gasteiger partial charge in [0.25, 0.3) is 0 Å². The van der Waals surface area contributed by atoms with E-state index in [4.69, 9.17) is 5.73 Å². The van der Waals surface area contributed by atoms with E-state index in [2.05, 4.69) is 30.8 Å². The summed E-state index contributed by atoms with van der Waals surface area (Å²) in [5, 5.41) is 0. The average Bonchev–Trinajstić information content (AvgIpc) is 2.13. The second-order valence-electron chi connectivity index (χ2n) is 2.66. The van der Waals surface area contributed by atoms with Crippen LogP contribution in [0, 0.1) is 6.92 Å². The molecule has 1 aromatic rings. The summed E-state index contributed by atoms with van der Waals surface area (Å²) in [6, 6.07) is 2.17. The zero-order valence-electron chi connectivity index (χ0n) is 6.59. The van der Waals surface area contributed by atoms with Crippen LogP contribution in [0.2, 0.25) is 0 Å². The third-order valence-corrected chi connectivity index (χ3v) is 1.65. The fourth-order valence-corrected chi connectivity index (χ4v) is 1.19. The molecule has 1 aromatic heterocycles. The second kappa shape index (κ2) is 2.88. The first-order valence-corrected chi connectivity index (χ1v) is 3.56. The van der Waals surface area contributed by atoms with Crippen LogP contribution < -0.4 is 5.73 Å². The van der Waals surface area contributed by atoms with Crippen LogP contribution in [0.5, 0.6) is 0 Å². The summed E-state index contributed by atoms with van der Waals surface area (Å²) in [7, 11) is 2.05. The first-order chi connectivity index (χ1) is 4.74. The monoisotopic (exact) mass is 138 g/mol. The maximum absolute atomic E-state index is 5.43. The van der Waals surface area contributed by atoms with Crippen molar-refractivity contribution in [2.45, 2.75) is 13.3 Å². The molecule has 0 aliphatic heterocycles. The number of aromatic nitrogens is 1. The molecule has 0 aliphatic rings. The minimum absolute atomic E-state index is 0.733. The normalized spacial score (nSPS) is 10.3. The number of nitrogens with two attached hydrogens (primary N) is 1. The molecular weight excluding hydrogens is 124 g/mol. The Balaban J connectivity index is 2.81. The van der Waals surface area contributed by atoms with Gasteiger partial charge in [-0.15, -0.1) is 0 Å². The predicted molar refractivity (Wildman–Crippen MR) is 42.9 cm³/mol. The summed E-state index contributed by atoms with van der Waals surface area (Å²) in [6.07, 6.45) is 3.09. The van der Waals surface area contributed by atoms with Gasteiger partial charge in [-0.3, -0.25) is 0 Å². The fourth-order valence-electron chi connectivity index (χ4n) is 1.19. The molecule has 0 fully saturated rings. The predicted octanol–water partition coefficient (Wildman–Crippen LogP) is 0.835. The summed E-state index contributed by atoms with van der Waals surface area (Å²) in [5.41, 5.74) is 8.06. The van der Waals surface area contributed by atoms with Gasteiger partial charge in [-0.2, -0.15) is 0 Å². The Morgan fingerprint density at radius 1 is 1.60 bits per heavy atom. The van der Waals surface area contributed by atoms with E-state index in [1.165, 1.54) is 11.3 Å². The largest absolute Gasteiger partial charge is 0.354 e. The Morgan fingerprint density at radius 2 is 2.30 bits per heavy atom. The Morgan fingerprint density at radius 3 is 2.70 bits per heavy atom. The summed E-state index contributed by atoms with van der Waals surface area (Å²) in [4.78, 5) is 0. The number of nitrogens with zero attached hydrogens (tertiary/aromatic N) is 1. The Labute approximate surface area is 61.7 Å². The van der Waals surface area contributed by atoms with E-state index < -0.39 is 0 Å². The van der Waals surface area contributed by atoms with Gasteiger partial charge in [0, 0.05) is 18.9 Å². The maximum Gasteiger partial charge on any atom is 0.0187 e. The topological polar surface area (TPSA) is 30.9 Å². The van der Waals surface area contributed by atoms with E-state index in [0.717, 1.165) is 13.0 Å². The van der Waals surface area contributed by atoms with Crippen molar-refractivity contribution >= 4 is 0 Å². The first-order valence-electron chi connectivity index (χ1n) is 3.56. The molecule has 10 heavy (non-hydrogen) atoms.